The fraction of sp³-hybridized carbons (Fsp3) is 0.533. The molecule has 96 valence electrons. The summed E-state index contributed by atoms with van der Waals surface area (Å²) in [6, 6.07) is 8.28. The molecule has 1 aromatic rings. The molecule has 1 heterocycles. The average Bonchev–Trinajstić information content (AvgIpc) is 2.90. The molecular formula is C15H20N2S. The zero-order valence-electron chi connectivity index (χ0n) is 10.6. The summed E-state index contributed by atoms with van der Waals surface area (Å²) in [5.41, 5.74) is 8.12. The van der Waals surface area contributed by atoms with Gasteiger partial charge in [0.15, 0.2) is 0 Å². The first-order chi connectivity index (χ1) is 8.74. The number of nitrogens with zero attached hydrogens (tertiary/aromatic N) is 1. The van der Waals surface area contributed by atoms with Crippen LogP contribution >= 0.6 is 12.2 Å². The average molecular weight is 260 g/mol. The van der Waals surface area contributed by atoms with E-state index in [1.807, 2.05) is 12.1 Å². The van der Waals surface area contributed by atoms with Crippen molar-refractivity contribution in [3.63, 3.8) is 0 Å². The van der Waals surface area contributed by atoms with Gasteiger partial charge in [-0.25, -0.2) is 0 Å². The molecular weight excluding hydrogens is 240 g/mol. The molecule has 0 amide bonds. The van der Waals surface area contributed by atoms with Crippen molar-refractivity contribution in [2.75, 3.05) is 13.1 Å². The molecule has 2 N–H and O–H groups in total. The summed E-state index contributed by atoms with van der Waals surface area (Å²) in [5, 5.41) is 0. The smallest absolute Gasteiger partial charge is 0.104 e. The lowest BCUT2D eigenvalue weighted by molar-refractivity contribution is 0.303. The van der Waals surface area contributed by atoms with Gasteiger partial charge < -0.3 is 5.73 Å². The second-order valence-electron chi connectivity index (χ2n) is 5.67. The van der Waals surface area contributed by atoms with E-state index < -0.39 is 0 Å². The van der Waals surface area contributed by atoms with Gasteiger partial charge >= 0.3 is 0 Å². The molecule has 0 spiro atoms. The summed E-state index contributed by atoms with van der Waals surface area (Å²) >= 11 is 5.13. The molecule has 1 aromatic carbocycles. The van der Waals surface area contributed by atoms with Gasteiger partial charge in [0.05, 0.1) is 0 Å². The second-order valence-corrected chi connectivity index (χ2v) is 6.11. The fourth-order valence-electron chi connectivity index (χ4n) is 3.60. The Labute approximate surface area is 114 Å². The quantitative estimate of drug-likeness (QED) is 0.847. The van der Waals surface area contributed by atoms with Crippen molar-refractivity contribution in [2.24, 2.45) is 17.6 Å². The third kappa shape index (κ3) is 2.29. The third-order valence-electron chi connectivity index (χ3n) is 4.48. The van der Waals surface area contributed by atoms with Crippen LogP contribution in [0.3, 0.4) is 0 Å². The number of rotatable bonds is 3. The summed E-state index contributed by atoms with van der Waals surface area (Å²) in [7, 11) is 0. The minimum atomic E-state index is 0.519. The van der Waals surface area contributed by atoms with Gasteiger partial charge in [0.2, 0.25) is 0 Å². The van der Waals surface area contributed by atoms with Gasteiger partial charge in [-0.1, -0.05) is 42.9 Å². The molecule has 0 aromatic heterocycles. The summed E-state index contributed by atoms with van der Waals surface area (Å²) in [6.45, 7) is 3.52. The number of fused-ring (bicyclic) bond motifs is 1. The largest absolute Gasteiger partial charge is 0.389 e. The van der Waals surface area contributed by atoms with Crippen LogP contribution in [0.2, 0.25) is 0 Å². The first kappa shape index (κ1) is 12.1. The van der Waals surface area contributed by atoms with Crippen molar-refractivity contribution >= 4 is 17.2 Å². The molecule has 18 heavy (non-hydrogen) atoms. The highest BCUT2D eigenvalue weighted by molar-refractivity contribution is 7.80. The summed E-state index contributed by atoms with van der Waals surface area (Å²) < 4.78 is 0. The maximum Gasteiger partial charge on any atom is 0.104 e. The summed E-state index contributed by atoms with van der Waals surface area (Å²) in [5.74, 6) is 1.89. The molecule has 1 aliphatic heterocycles. The summed E-state index contributed by atoms with van der Waals surface area (Å²) in [4.78, 5) is 3.09. The maximum atomic E-state index is 5.79. The number of nitrogens with two attached hydrogens (primary N) is 1. The van der Waals surface area contributed by atoms with Crippen LogP contribution in [-0.2, 0) is 6.54 Å². The molecule has 3 heteroatoms. The van der Waals surface area contributed by atoms with Gasteiger partial charge in [-0.2, -0.15) is 0 Å². The topological polar surface area (TPSA) is 29.3 Å². The van der Waals surface area contributed by atoms with Crippen LogP contribution in [0.15, 0.2) is 24.3 Å². The molecule has 2 nitrogen and oxygen atoms in total. The summed E-state index contributed by atoms with van der Waals surface area (Å²) in [6.07, 6.45) is 4.29. The van der Waals surface area contributed by atoms with Crippen LogP contribution in [-0.4, -0.2) is 23.0 Å². The van der Waals surface area contributed by atoms with E-state index in [-0.39, 0.29) is 0 Å². The van der Waals surface area contributed by atoms with Crippen molar-refractivity contribution in [3.05, 3.63) is 35.4 Å². The number of thiocarbonyl (C=S) groups is 1. The van der Waals surface area contributed by atoms with E-state index in [9.17, 15) is 0 Å². The fourth-order valence-corrected chi connectivity index (χ4v) is 3.80. The second kappa shape index (κ2) is 4.98. The molecule has 2 atom stereocenters. The van der Waals surface area contributed by atoms with Gasteiger partial charge in [0.1, 0.15) is 4.99 Å². The highest BCUT2D eigenvalue weighted by atomic mass is 32.1. The van der Waals surface area contributed by atoms with E-state index in [2.05, 4.69) is 17.0 Å². The third-order valence-corrected chi connectivity index (χ3v) is 4.70. The Balaban J connectivity index is 1.72. The SMILES string of the molecule is NC(=S)c1ccccc1CN1CC2CCCC2C1. The minimum absolute atomic E-state index is 0.519. The lowest BCUT2D eigenvalue weighted by atomic mass is 10.0. The predicted molar refractivity (Wildman–Crippen MR) is 78.4 cm³/mol. The number of benzene rings is 1. The number of hydrogen-bond acceptors (Lipinski definition) is 2. The van der Waals surface area contributed by atoms with Gasteiger partial charge in [-0.15, -0.1) is 0 Å². The van der Waals surface area contributed by atoms with Crippen molar-refractivity contribution < 1.29 is 0 Å². The Morgan fingerprint density at radius 2 is 1.89 bits per heavy atom. The minimum Gasteiger partial charge on any atom is -0.389 e. The Bertz CT molecular complexity index is 446. The maximum absolute atomic E-state index is 5.79. The van der Waals surface area contributed by atoms with Crippen molar-refractivity contribution in [1.82, 2.24) is 4.90 Å². The van der Waals surface area contributed by atoms with Crippen molar-refractivity contribution in [2.45, 2.75) is 25.8 Å². The van der Waals surface area contributed by atoms with Crippen LogP contribution in [0.1, 0.15) is 30.4 Å². The first-order valence-electron chi connectivity index (χ1n) is 6.84. The Morgan fingerprint density at radius 3 is 2.56 bits per heavy atom. The van der Waals surface area contributed by atoms with Gasteiger partial charge in [0.25, 0.3) is 0 Å². The normalized spacial score (nSPS) is 27.3. The highest BCUT2D eigenvalue weighted by Crippen LogP contribution is 2.38. The molecule has 1 aliphatic carbocycles. The Morgan fingerprint density at radius 1 is 1.22 bits per heavy atom. The van der Waals surface area contributed by atoms with E-state index in [0.29, 0.717) is 4.99 Å². The molecule has 2 unspecified atom stereocenters. The molecule has 0 radical (unpaired) electrons. The van der Waals surface area contributed by atoms with Gasteiger partial charge in [-0.05, 0) is 30.2 Å². The van der Waals surface area contributed by atoms with E-state index >= 15 is 0 Å². The monoisotopic (exact) mass is 260 g/mol. The standard InChI is InChI=1S/C15H20N2S/c16-15(18)14-7-2-1-4-13(14)10-17-8-11-5-3-6-12(11)9-17/h1-2,4,7,11-12H,3,5-6,8-10H2,(H2,16,18). The lowest BCUT2D eigenvalue weighted by Gasteiger charge is -2.18. The zero-order valence-corrected chi connectivity index (χ0v) is 11.5. The lowest BCUT2D eigenvalue weighted by Crippen LogP contribution is -2.23. The van der Waals surface area contributed by atoms with E-state index in [1.165, 1.54) is 37.9 Å². The van der Waals surface area contributed by atoms with Crippen molar-refractivity contribution in [1.29, 1.82) is 0 Å². The van der Waals surface area contributed by atoms with Crippen LogP contribution in [0.25, 0.3) is 0 Å². The van der Waals surface area contributed by atoms with Gasteiger partial charge in [0, 0.05) is 25.2 Å². The molecule has 1 saturated carbocycles. The van der Waals surface area contributed by atoms with E-state index in [1.54, 1.807) is 0 Å². The van der Waals surface area contributed by atoms with Crippen molar-refractivity contribution in [3.8, 4) is 0 Å². The van der Waals surface area contributed by atoms with E-state index in [0.717, 1.165) is 23.9 Å². The molecule has 2 aliphatic rings. The molecule has 2 fully saturated rings. The number of likely N-dealkylation sites (tertiary alicyclic amines) is 1. The zero-order chi connectivity index (χ0) is 12.5. The molecule has 1 saturated heterocycles. The highest BCUT2D eigenvalue weighted by Gasteiger charge is 2.35. The molecule has 0 bridgehead atoms. The first-order valence-corrected chi connectivity index (χ1v) is 7.25. The Kier molecular flexibility index (Phi) is 3.35. The molecule has 3 rings (SSSR count). The number of hydrogen-bond donors (Lipinski definition) is 1. The Hall–Kier alpha value is -0.930. The van der Waals surface area contributed by atoms with Crippen LogP contribution in [0.5, 0.6) is 0 Å². The van der Waals surface area contributed by atoms with Gasteiger partial charge in [-0.3, -0.25) is 4.90 Å². The van der Waals surface area contributed by atoms with E-state index in [4.69, 9.17) is 18.0 Å². The van der Waals surface area contributed by atoms with Crippen LogP contribution in [0, 0.1) is 11.8 Å². The van der Waals surface area contributed by atoms with Crippen LogP contribution in [0.4, 0.5) is 0 Å². The van der Waals surface area contributed by atoms with Crippen LogP contribution < -0.4 is 5.73 Å². The predicted octanol–water partition coefficient (Wildman–Crippen LogP) is 2.55.